The Balaban J connectivity index is 1.82. The number of hydrogen-bond acceptors (Lipinski definition) is 4. The second kappa shape index (κ2) is 5.35. The summed E-state index contributed by atoms with van der Waals surface area (Å²) in [6.45, 7) is 4.37. The van der Waals surface area contributed by atoms with Gasteiger partial charge in [-0.15, -0.1) is 0 Å². The summed E-state index contributed by atoms with van der Waals surface area (Å²) < 4.78 is 33.6. The standard InChI is InChI=1S/C15H22N2O3S/c1-9-5-6-10(2)12(8-9)21(18,19)17-14-13(16)11-4-3-7-20-15(11)14/h5-6,8,11,13-15,17H,3-4,7,16H2,1-2H3. The highest BCUT2D eigenvalue weighted by atomic mass is 32.2. The van der Waals surface area contributed by atoms with Gasteiger partial charge in [0.05, 0.1) is 17.0 Å². The molecule has 6 heteroatoms. The van der Waals surface area contributed by atoms with E-state index < -0.39 is 10.0 Å². The van der Waals surface area contributed by atoms with E-state index in [1.54, 1.807) is 13.0 Å². The van der Waals surface area contributed by atoms with E-state index in [2.05, 4.69) is 4.72 Å². The summed E-state index contributed by atoms with van der Waals surface area (Å²) in [4.78, 5) is 0.328. The predicted octanol–water partition coefficient (Wildman–Crippen LogP) is 1.09. The van der Waals surface area contributed by atoms with Crippen molar-refractivity contribution in [3.8, 4) is 0 Å². The van der Waals surface area contributed by atoms with Crippen molar-refractivity contribution in [3.05, 3.63) is 29.3 Å². The molecule has 1 heterocycles. The van der Waals surface area contributed by atoms with Crippen molar-refractivity contribution in [2.45, 2.75) is 49.8 Å². The van der Waals surface area contributed by atoms with Crippen molar-refractivity contribution >= 4 is 10.0 Å². The van der Waals surface area contributed by atoms with Crippen LogP contribution in [0.2, 0.25) is 0 Å². The van der Waals surface area contributed by atoms with Gasteiger partial charge in [0.1, 0.15) is 0 Å². The van der Waals surface area contributed by atoms with E-state index in [0.29, 0.717) is 11.5 Å². The van der Waals surface area contributed by atoms with Crippen molar-refractivity contribution < 1.29 is 13.2 Å². The van der Waals surface area contributed by atoms with Crippen LogP contribution in [0.3, 0.4) is 0 Å². The molecule has 1 aliphatic carbocycles. The molecule has 0 amide bonds. The molecule has 1 aliphatic heterocycles. The largest absolute Gasteiger partial charge is 0.376 e. The lowest BCUT2D eigenvalue weighted by molar-refractivity contribution is -0.114. The number of benzene rings is 1. The van der Waals surface area contributed by atoms with E-state index in [9.17, 15) is 8.42 Å². The van der Waals surface area contributed by atoms with Crippen LogP contribution in [0, 0.1) is 19.8 Å². The van der Waals surface area contributed by atoms with Gasteiger partial charge in [-0.2, -0.15) is 0 Å². The predicted molar refractivity (Wildman–Crippen MR) is 80.5 cm³/mol. The van der Waals surface area contributed by atoms with Crippen LogP contribution in [0.4, 0.5) is 0 Å². The molecule has 0 radical (unpaired) electrons. The Labute approximate surface area is 125 Å². The molecule has 2 fully saturated rings. The lowest BCUT2D eigenvalue weighted by atomic mass is 9.69. The van der Waals surface area contributed by atoms with Gasteiger partial charge in [0.25, 0.3) is 0 Å². The third-order valence-corrected chi connectivity index (χ3v) is 6.20. The van der Waals surface area contributed by atoms with Crippen molar-refractivity contribution in [1.82, 2.24) is 4.72 Å². The number of fused-ring (bicyclic) bond motifs is 1. The molecule has 1 saturated carbocycles. The molecule has 0 spiro atoms. The second-order valence-corrected chi connectivity index (χ2v) is 7.82. The quantitative estimate of drug-likeness (QED) is 0.875. The van der Waals surface area contributed by atoms with E-state index in [1.807, 2.05) is 19.1 Å². The summed E-state index contributed by atoms with van der Waals surface area (Å²) in [6, 6.07) is 4.95. The minimum Gasteiger partial charge on any atom is -0.376 e. The third kappa shape index (κ3) is 2.61. The average molecular weight is 310 g/mol. The lowest BCUT2D eigenvalue weighted by Gasteiger charge is -2.52. The van der Waals surface area contributed by atoms with Crippen LogP contribution >= 0.6 is 0 Å². The minimum absolute atomic E-state index is 0.0753. The Hall–Kier alpha value is -0.950. The van der Waals surface area contributed by atoms with Crippen LogP contribution in [-0.4, -0.2) is 33.2 Å². The second-order valence-electron chi connectivity index (χ2n) is 6.13. The summed E-state index contributed by atoms with van der Waals surface area (Å²) in [6.07, 6.45) is 1.95. The van der Waals surface area contributed by atoms with Gasteiger partial charge in [0.15, 0.2) is 0 Å². The molecular formula is C15H22N2O3S. The van der Waals surface area contributed by atoms with E-state index >= 15 is 0 Å². The van der Waals surface area contributed by atoms with Crippen LogP contribution in [0.15, 0.2) is 23.1 Å². The smallest absolute Gasteiger partial charge is 0.241 e. The number of ether oxygens (including phenoxy) is 1. The number of aryl methyl sites for hydroxylation is 2. The highest BCUT2D eigenvalue weighted by molar-refractivity contribution is 7.89. The van der Waals surface area contributed by atoms with Gasteiger partial charge in [-0.05, 0) is 43.9 Å². The number of nitrogens with one attached hydrogen (secondary N) is 1. The van der Waals surface area contributed by atoms with E-state index in [0.717, 1.165) is 24.0 Å². The topological polar surface area (TPSA) is 81.4 Å². The first-order valence-electron chi connectivity index (χ1n) is 7.37. The molecule has 0 bridgehead atoms. The SMILES string of the molecule is Cc1ccc(C)c(S(=O)(=O)NC2C(N)C3CCCOC32)c1. The summed E-state index contributed by atoms with van der Waals surface area (Å²) >= 11 is 0. The van der Waals surface area contributed by atoms with Crippen molar-refractivity contribution in [1.29, 1.82) is 0 Å². The molecule has 1 saturated heterocycles. The van der Waals surface area contributed by atoms with Gasteiger partial charge in [0.2, 0.25) is 10.0 Å². The molecular weight excluding hydrogens is 288 g/mol. The maximum atomic E-state index is 12.6. The third-order valence-electron chi connectivity index (χ3n) is 4.60. The van der Waals surface area contributed by atoms with Gasteiger partial charge in [-0.25, -0.2) is 13.1 Å². The summed E-state index contributed by atoms with van der Waals surface area (Å²) in [5.74, 6) is 0.282. The first-order chi connectivity index (χ1) is 9.90. The Morgan fingerprint density at radius 3 is 2.86 bits per heavy atom. The van der Waals surface area contributed by atoms with Gasteiger partial charge in [-0.1, -0.05) is 12.1 Å². The first kappa shape index (κ1) is 15.0. The van der Waals surface area contributed by atoms with E-state index in [1.165, 1.54) is 0 Å². The molecule has 3 N–H and O–H groups in total. The Kier molecular flexibility index (Phi) is 3.81. The molecule has 3 rings (SSSR count). The number of rotatable bonds is 3. The Morgan fingerprint density at radius 1 is 1.33 bits per heavy atom. The monoisotopic (exact) mass is 310 g/mol. The molecule has 116 valence electrons. The zero-order valence-electron chi connectivity index (χ0n) is 12.4. The normalized spacial score (nSPS) is 32.3. The molecule has 1 aromatic carbocycles. The molecule has 4 unspecified atom stereocenters. The van der Waals surface area contributed by atoms with Crippen molar-refractivity contribution in [3.63, 3.8) is 0 Å². The molecule has 0 aromatic heterocycles. The van der Waals surface area contributed by atoms with Crippen LogP contribution in [-0.2, 0) is 14.8 Å². The molecule has 2 aliphatic rings. The zero-order valence-corrected chi connectivity index (χ0v) is 13.2. The average Bonchev–Trinajstić information content (AvgIpc) is 2.47. The van der Waals surface area contributed by atoms with Crippen LogP contribution in [0.5, 0.6) is 0 Å². The van der Waals surface area contributed by atoms with Crippen LogP contribution in [0.1, 0.15) is 24.0 Å². The zero-order chi connectivity index (χ0) is 15.2. The summed E-state index contributed by atoms with van der Waals surface area (Å²) in [5, 5.41) is 0. The first-order valence-corrected chi connectivity index (χ1v) is 8.85. The number of nitrogens with two attached hydrogens (primary N) is 1. The fourth-order valence-corrected chi connectivity index (χ4v) is 4.94. The van der Waals surface area contributed by atoms with Crippen LogP contribution < -0.4 is 10.5 Å². The van der Waals surface area contributed by atoms with Crippen LogP contribution in [0.25, 0.3) is 0 Å². The highest BCUT2D eigenvalue weighted by Crippen LogP contribution is 2.37. The maximum absolute atomic E-state index is 12.6. The van der Waals surface area contributed by atoms with Crippen molar-refractivity contribution in [2.24, 2.45) is 11.7 Å². The fourth-order valence-electron chi connectivity index (χ4n) is 3.33. The maximum Gasteiger partial charge on any atom is 0.241 e. The van der Waals surface area contributed by atoms with Crippen molar-refractivity contribution in [2.75, 3.05) is 6.61 Å². The highest BCUT2D eigenvalue weighted by Gasteiger charge is 2.51. The molecule has 4 atom stereocenters. The van der Waals surface area contributed by atoms with Gasteiger partial charge in [0, 0.05) is 18.6 Å². The molecule has 5 nitrogen and oxygen atoms in total. The van der Waals surface area contributed by atoms with E-state index in [4.69, 9.17) is 10.5 Å². The molecule has 21 heavy (non-hydrogen) atoms. The summed E-state index contributed by atoms with van der Waals surface area (Å²) in [5.41, 5.74) is 7.78. The Bertz CT molecular complexity index is 644. The molecule has 1 aromatic rings. The Morgan fingerprint density at radius 2 is 2.10 bits per heavy atom. The van der Waals surface area contributed by atoms with E-state index in [-0.39, 0.29) is 24.1 Å². The van der Waals surface area contributed by atoms with Gasteiger partial charge < -0.3 is 10.5 Å². The lowest BCUT2D eigenvalue weighted by Crippen LogP contribution is -2.71. The van der Waals surface area contributed by atoms with Gasteiger partial charge >= 0.3 is 0 Å². The fraction of sp³-hybridized carbons (Fsp3) is 0.600. The van der Waals surface area contributed by atoms with Gasteiger partial charge in [-0.3, -0.25) is 0 Å². The summed E-state index contributed by atoms with van der Waals surface area (Å²) in [7, 11) is -3.57. The number of sulfonamides is 1. The number of hydrogen-bond donors (Lipinski definition) is 2. The minimum atomic E-state index is -3.57.